The van der Waals surface area contributed by atoms with E-state index in [9.17, 15) is 14.4 Å². The lowest BCUT2D eigenvalue weighted by molar-refractivity contribution is -0.126. The summed E-state index contributed by atoms with van der Waals surface area (Å²) in [6.45, 7) is 7.08. The maximum atomic E-state index is 14.2. The van der Waals surface area contributed by atoms with Gasteiger partial charge in [-0.1, -0.05) is 37.3 Å². The topological polar surface area (TPSA) is 80.1 Å². The van der Waals surface area contributed by atoms with Crippen molar-refractivity contribution in [1.82, 2.24) is 4.90 Å². The summed E-state index contributed by atoms with van der Waals surface area (Å²) < 4.78 is 11.7. The van der Waals surface area contributed by atoms with E-state index >= 15 is 0 Å². The molecule has 2 amide bonds. The van der Waals surface area contributed by atoms with Crippen molar-refractivity contribution in [3.05, 3.63) is 75.6 Å². The van der Waals surface area contributed by atoms with E-state index in [-0.39, 0.29) is 35.3 Å². The van der Waals surface area contributed by atoms with Crippen molar-refractivity contribution < 1.29 is 18.7 Å². The molecule has 2 aliphatic heterocycles. The number of carbonyl (C=O) groups excluding carboxylic acids is 2. The van der Waals surface area contributed by atoms with E-state index in [2.05, 4.69) is 0 Å². The second kappa shape index (κ2) is 8.40. The molecule has 0 unspecified atom stereocenters. The van der Waals surface area contributed by atoms with Crippen molar-refractivity contribution in [1.29, 1.82) is 0 Å². The highest BCUT2D eigenvalue weighted by Gasteiger charge is 2.64. The van der Waals surface area contributed by atoms with Crippen LogP contribution in [0.25, 0.3) is 11.0 Å². The van der Waals surface area contributed by atoms with Gasteiger partial charge in [-0.25, -0.2) is 0 Å². The maximum Gasteiger partial charge on any atom is 0.291 e. The standard InChI is InChI=1S/C27H28N2O5/c1-4-14-28-20-12-7-6-11-19(20)27(26(28)32)22-23(30)18-10-5-8-13-21(18)34-24(22)25(31)29(27)15-9-16-33-17(2)3/h5-8,10-13,17H,4,9,14-16H2,1-3H3/t27-/m0/s1. The van der Waals surface area contributed by atoms with E-state index in [0.717, 1.165) is 12.1 Å². The zero-order valence-electron chi connectivity index (χ0n) is 19.7. The zero-order chi connectivity index (χ0) is 24.0. The van der Waals surface area contributed by atoms with E-state index in [1.165, 1.54) is 4.90 Å². The Bertz CT molecular complexity index is 1340. The summed E-state index contributed by atoms with van der Waals surface area (Å²) in [5.41, 5.74) is -0.0480. The van der Waals surface area contributed by atoms with E-state index in [4.69, 9.17) is 9.15 Å². The highest BCUT2D eigenvalue weighted by atomic mass is 16.5. The molecule has 1 aromatic heterocycles. The Kier molecular flexibility index (Phi) is 5.52. The summed E-state index contributed by atoms with van der Waals surface area (Å²) in [6, 6.07) is 14.3. The molecule has 1 spiro atoms. The number of amides is 2. The second-order valence-electron chi connectivity index (χ2n) is 9.05. The average molecular weight is 461 g/mol. The number of para-hydroxylation sites is 2. The first kappa shape index (κ1) is 22.3. The fraction of sp³-hybridized carbons (Fsp3) is 0.370. The van der Waals surface area contributed by atoms with Crippen molar-refractivity contribution in [2.45, 2.75) is 45.3 Å². The smallest absolute Gasteiger partial charge is 0.291 e. The number of anilines is 1. The molecule has 0 aliphatic carbocycles. The third-order valence-electron chi connectivity index (χ3n) is 6.57. The highest BCUT2D eigenvalue weighted by Crippen LogP contribution is 2.52. The molecule has 0 N–H and O–H groups in total. The SMILES string of the molecule is CCCN1C(=O)[C@]2(c3ccccc31)c1c(oc3ccccc3c1=O)C(=O)N2CCCOC(C)C. The molecule has 0 saturated heterocycles. The summed E-state index contributed by atoms with van der Waals surface area (Å²) >= 11 is 0. The van der Waals surface area contributed by atoms with Crippen molar-refractivity contribution in [3.63, 3.8) is 0 Å². The molecule has 7 heteroatoms. The van der Waals surface area contributed by atoms with E-state index < -0.39 is 11.4 Å². The lowest BCUT2D eigenvalue weighted by Gasteiger charge is -2.34. The first-order chi connectivity index (χ1) is 16.4. The van der Waals surface area contributed by atoms with Gasteiger partial charge in [0.25, 0.3) is 11.8 Å². The van der Waals surface area contributed by atoms with Gasteiger partial charge in [0.15, 0.2) is 11.0 Å². The normalized spacial score (nSPS) is 19.1. The minimum Gasteiger partial charge on any atom is -0.450 e. The summed E-state index contributed by atoms with van der Waals surface area (Å²) in [5, 5.41) is 0.359. The predicted octanol–water partition coefficient (Wildman–Crippen LogP) is 4.06. The van der Waals surface area contributed by atoms with Gasteiger partial charge in [0.1, 0.15) is 5.58 Å². The van der Waals surface area contributed by atoms with Crippen LogP contribution in [0.4, 0.5) is 5.69 Å². The van der Waals surface area contributed by atoms with Gasteiger partial charge in [-0.15, -0.1) is 0 Å². The van der Waals surface area contributed by atoms with Crippen molar-refractivity contribution in [3.8, 4) is 0 Å². The predicted molar refractivity (Wildman–Crippen MR) is 129 cm³/mol. The van der Waals surface area contributed by atoms with Crippen LogP contribution in [0.5, 0.6) is 0 Å². The van der Waals surface area contributed by atoms with Gasteiger partial charge >= 0.3 is 0 Å². The highest BCUT2D eigenvalue weighted by molar-refractivity contribution is 6.17. The Hall–Kier alpha value is -3.45. The van der Waals surface area contributed by atoms with Crippen LogP contribution in [-0.2, 0) is 15.1 Å². The quantitative estimate of drug-likeness (QED) is 0.497. The van der Waals surface area contributed by atoms with Gasteiger partial charge < -0.3 is 19.0 Å². The van der Waals surface area contributed by atoms with E-state index in [1.54, 1.807) is 29.2 Å². The number of benzene rings is 2. The fourth-order valence-electron chi connectivity index (χ4n) is 5.22. The molecule has 0 bridgehead atoms. The van der Waals surface area contributed by atoms with Gasteiger partial charge in [-0.05, 0) is 44.9 Å². The van der Waals surface area contributed by atoms with Crippen LogP contribution in [-0.4, -0.2) is 42.5 Å². The molecule has 2 aliphatic rings. The Morgan fingerprint density at radius 2 is 1.74 bits per heavy atom. The largest absolute Gasteiger partial charge is 0.450 e. The molecule has 3 aromatic rings. The lowest BCUT2D eigenvalue weighted by Crippen LogP contribution is -2.53. The van der Waals surface area contributed by atoms with Crippen LogP contribution < -0.4 is 10.3 Å². The minimum absolute atomic E-state index is 0.0463. The third kappa shape index (κ3) is 3.03. The van der Waals surface area contributed by atoms with Crippen molar-refractivity contribution in [2.24, 2.45) is 0 Å². The van der Waals surface area contributed by atoms with Gasteiger partial charge in [0, 0.05) is 25.3 Å². The number of fused-ring (bicyclic) bond motifs is 5. The minimum atomic E-state index is -1.54. The number of ether oxygens (including phenoxy) is 1. The molecule has 2 aromatic carbocycles. The van der Waals surface area contributed by atoms with E-state index in [1.807, 2.05) is 45.0 Å². The number of hydrogen-bond donors (Lipinski definition) is 0. The molecular weight excluding hydrogens is 432 g/mol. The van der Waals surface area contributed by atoms with E-state index in [0.29, 0.717) is 36.1 Å². The van der Waals surface area contributed by atoms with Gasteiger partial charge in [-0.3, -0.25) is 14.4 Å². The Morgan fingerprint density at radius 3 is 2.50 bits per heavy atom. The molecule has 3 heterocycles. The molecule has 0 saturated carbocycles. The average Bonchev–Trinajstić information content (AvgIpc) is 3.22. The Balaban J connectivity index is 1.76. The summed E-state index contributed by atoms with van der Waals surface area (Å²) in [6.07, 6.45) is 1.32. The number of rotatable bonds is 7. The van der Waals surface area contributed by atoms with Crippen LogP contribution in [0, 0.1) is 0 Å². The summed E-state index contributed by atoms with van der Waals surface area (Å²) in [7, 11) is 0. The Morgan fingerprint density at radius 1 is 1.00 bits per heavy atom. The van der Waals surface area contributed by atoms with Gasteiger partial charge in [0.05, 0.1) is 22.7 Å². The van der Waals surface area contributed by atoms with Crippen LogP contribution >= 0.6 is 0 Å². The molecule has 34 heavy (non-hydrogen) atoms. The van der Waals surface area contributed by atoms with Gasteiger partial charge in [0.2, 0.25) is 5.76 Å². The number of carbonyl (C=O) groups is 2. The van der Waals surface area contributed by atoms with Crippen LogP contribution in [0.1, 0.15) is 55.3 Å². The lowest BCUT2D eigenvalue weighted by atomic mass is 9.84. The zero-order valence-corrected chi connectivity index (χ0v) is 19.7. The molecule has 0 radical (unpaired) electrons. The molecular formula is C27H28N2O5. The monoisotopic (exact) mass is 460 g/mol. The molecule has 176 valence electrons. The molecule has 7 nitrogen and oxygen atoms in total. The first-order valence-corrected chi connectivity index (χ1v) is 11.8. The number of nitrogens with zero attached hydrogens (tertiary/aromatic N) is 2. The molecule has 1 atom stereocenters. The van der Waals surface area contributed by atoms with Crippen LogP contribution in [0.3, 0.4) is 0 Å². The molecule has 0 fully saturated rings. The maximum absolute atomic E-state index is 14.2. The molecule has 5 rings (SSSR count). The summed E-state index contributed by atoms with van der Waals surface area (Å²) in [4.78, 5) is 45.1. The van der Waals surface area contributed by atoms with Crippen LogP contribution in [0.2, 0.25) is 0 Å². The Labute approximate surface area is 197 Å². The van der Waals surface area contributed by atoms with Crippen molar-refractivity contribution in [2.75, 3.05) is 24.6 Å². The fourth-order valence-corrected chi connectivity index (χ4v) is 5.22. The van der Waals surface area contributed by atoms with Crippen molar-refractivity contribution >= 4 is 28.5 Å². The number of hydrogen-bond acceptors (Lipinski definition) is 5. The second-order valence-corrected chi connectivity index (χ2v) is 9.05. The summed E-state index contributed by atoms with van der Waals surface area (Å²) in [5.74, 6) is -0.770. The van der Waals surface area contributed by atoms with Gasteiger partial charge in [-0.2, -0.15) is 0 Å². The first-order valence-electron chi connectivity index (χ1n) is 11.8. The van der Waals surface area contributed by atoms with Crippen LogP contribution in [0.15, 0.2) is 57.7 Å². The third-order valence-corrected chi connectivity index (χ3v) is 6.57.